The first kappa shape index (κ1) is 16.9. The van der Waals surface area contributed by atoms with E-state index in [4.69, 9.17) is 28.9 Å². The standard InChI is InChI=1S/C15H11Cl2F3N4/c1-6-3-8(16)5-9(17)12(6)24-14(21)11-10(23-24)4-7(2)22-13(11)15(18,19)20/h3-5H,21H2,1-2H3. The molecule has 0 fully saturated rings. The SMILES string of the molecule is Cc1cc2nn(-c3c(C)cc(Cl)cc3Cl)c(N)c2c(C(F)(F)F)n1. The molecule has 0 unspecified atom stereocenters. The van der Waals surface area contributed by atoms with Crippen LogP contribution in [-0.2, 0) is 6.18 Å². The molecule has 0 aliphatic rings. The van der Waals surface area contributed by atoms with Crippen molar-refractivity contribution in [3.05, 3.63) is 45.2 Å². The quantitative estimate of drug-likeness (QED) is 0.655. The molecule has 3 aromatic rings. The number of aromatic nitrogens is 3. The number of hydrogen-bond acceptors (Lipinski definition) is 3. The Morgan fingerprint density at radius 3 is 2.38 bits per heavy atom. The lowest BCUT2D eigenvalue weighted by atomic mass is 10.2. The second-order valence-corrected chi connectivity index (χ2v) is 6.20. The van der Waals surface area contributed by atoms with E-state index >= 15 is 0 Å². The zero-order valence-corrected chi connectivity index (χ0v) is 14.1. The molecule has 126 valence electrons. The number of aryl methyl sites for hydroxylation is 2. The maximum absolute atomic E-state index is 13.3. The number of rotatable bonds is 1. The fourth-order valence-corrected chi connectivity index (χ4v) is 3.27. The number of nitrogen functional groups attached to an aromatic ring is 1. The van der Waals surface area contributed by atoms with Gasteiger partial charge >= 0.3 is 6.18 Å². The molecule has 0 atom stereocenters. The first-order valence-corrected chi connectivity index (χ1v) is 7.54. The van der Waals surface area contributed by atoms with E-state index in [1.54, 1.807) is 13.0 Å². The van der Waals surface area contributed by atoms with E-state index in [-0.39, 0.29) is 27.4 Å². The van der Waals surface area contributed by atoms with Gasteiger partial charge in [0.2, 0.25) is 0 Å². The van der Waals surface area contributed by atoms with Gasteiger partial charge in [0.1, 0.15) is 5.82 Å². The normalized spacial score (nSPS) is 12.1. The minimum absolute atomic E-state index is 0.0951. The molecule has 3 rings (SSSR count). The van der Waals surface area contributed by atoms with Gasteiger partial charge in [-0.15, -0.1) is 0 Å². The number of hydrogen-bond donors (Lipinski definition) is 1. The van der Waals surface area contributed by atoms with Gasteiger partial charge < -0.3 is 5.73 Å². The van der Waals surface area contributed by atoms with Crippen molar-refractivity contribution >= 4 is 39.9 Å². The second kappa shape index (κ2) is 5.53. The molecule has 1 aromatic carbocycles. The fraction of sp³-hybridized carbons (Fsp3) is 0.200. The molecule has 4 nitrogen and oxygen atoms in total. The zero-order valence-electron chi connectivity index (χ0n) is 12.5. The number of alkyl halides is 3. The van der Waals surface area contributed by atoms with E-state index in [0.29, 0.717) is 16.3 Å². The lowest BCUT2D eigenvalue weighted by molar-refractivity contribution is -0.139. The first-order chi connectivity index (χ1) is 11.1. The Bertz CT molecular complexity index is 940. The van der Waals surface area contributed by atoms with Gasteiger partial charge in [-0.1, -0.05) is 23.2 Å². The highest BCUT2D eigenvalue weighted by atomic mass is 35.5. The van der Waals surface area contributed by atoms with Gasteiger partial charge in [0.25, 0.3) is 0 Å². The van der Waals surface area contributed by atoms with Gasteiger partial charge in [-0.05, 0) is 37.6 Å². The molecule has 9 heteroatoms. The number of benzene rings is 1. The average Bonchev–Trinajstić information content (AvgIpc) is 2.72. The summed E-state index contributed by atoms with van der Waals surface area (Å²) in [6.07, 6.45) is -4.65. The number of halogens is 5. The third-order valence-corrected chi connectivity index (χ3v) is 4.02. The predicted octanol–water partition coefficient (Wildman–Crippen LogP) is 4.95. The van der Waals surface area contributed by atoms with Crippen molar-refractivity contribution in [3.63, 3.8) is 0 Å². The highest BCUT2D eigenvalue weighted by molar-refractivity contribution is 6.36. The van der Waals surface area contributed by atoms with E-state index in [0.717, 1.165) is 0 Å². The van der Waals surface area contributed by atoms with E-state index in [1.807, 2.05) is 0 Å². The molecule has 0 spiro atoms. The van der Waals surface area contributed by atoms with Crippen LogP contribution in [0.3, 0.4) is 0 Å². The van der Waals surface area contributed by atoms with E-state index in [1.165, 1.54) is 23.7 Å². The lowest BCUT2D eigenvalue weighted by Gasteiger charge is -2.11. The number of fused-ring (bicyclic) bond motifs is 1. The van der Waals surface area contributed by atoms with Crippen molar-refractivity contribution in [2.24, 2.45) is 0 Å². The van der Waals surface area contributed by atoms with Crippen molar-refractivity contribution in [1.29, 1.82) is 0 Å². The summed E-state index contributed by atoms with van der Waals surface area (Å²) >= 11 is 12.1. The first-order valence-electron chi connectivity index (χ1n) is 6.78. The topological polar surface area (TPSA) is 56.7 Å². The summed E-state index contributed by atoms with van der Waals surface area (Å²) in [4.78, 5) is 3.59. The van der Waals surface area contributed by atoms with Crippen LogP contribution in [0.5, 0.6) is 0 Å². The highest BCUT2D eigenvalue weighted by Crippen LogP contribution is 2.38. The number of nitrogens with two attached hydrogens (primary N) is 1. The Labute approximate surface area is 145 Å². The Hall–Kier alpha value is -1.99. The Kier molecular flexibility index (Phi) is 3.88. The molecule has 24 heavy (non-hydrogen) atoms. The van der Waals surface area contributed by atoms with Gasteiger partial charge in [-0.3, -0.25) is 0 Å². The van der Waals surface area contributed by atoms with E-state index < -0.39 is 11.9 Å². The maximum Gasteiger partial charge on any atom is 0.434 e. The number of pyridine rings is 1. The van der Waals surface area contributed by atoms with Crippen molar-refractivity contribution in [3.8, 4) is 5.69 Å². The molecule has 0 aliphatic carbocycles. The van der Waals surface area contributed by atoms with E-state index in [9.17, 15) is 13.2 Å². The molecule has 2 N–H and O–H groups in total. The molecule has 2 heterocycles. The van der Waals surface area contributed by atoms with Crippen LogP contribution in [0, 0.1) is 13.8 Å². The van der Waals surface area contributed by atoms with Crippen LogP contribution in [0.1, 0.15) is 17.0 Å². The minimum atomic E-state index is -4.65. The second-order valence-electron chi connectivity index (χ2n) is 5.35. The minimum Gasteiger partial charge on any atom is -0.383 e. The molecular formula is C15H11Cl2F3N4. The summed E-state index contributed by atoms with van der Waals surface area (Å²) in [5, 5.41) is 4.58. The van der Waals surface area contributed by atoms with Crippen LogP contribution in [-0.4, -0.2) is 14.8 Å². The molecule has 0 amide bonds. The third kappa shape index (κ3) is 2.67. The molecule has 0 saturated carbocycles. The monoisotopic (exact) mass is 374 g/mol. The average molecular weight is 375 g/mol. The lowest BCUT2D eigenvalue weighted by Crippen LogP contribution is -2.10. The summed E-state index contributed by atoms with van der Waals surface area (Å²) in [6.45, 7) is 3.18. The van der Waals surface area contributed by atoms with Crippen LogP contribution in [0.25, 0.3) is 16.6 Å². The van der Waals surface area contributed by atoms with Gasteiger partial charge in [-0.25, -0.2) is 9.67 Å². The number of nitrogens with zero attached hydrogens (tertiary/aromatic N) is 3. The van der Waals surface area contributed by atoms with Crippen molar-refractivity contribution < 1.29 is 13.2 Å². The molecule has 0 radical (unpaired) electrons. The van der Waals surface area contributed by atoms with Crippen LogP contribution < -0.4 is 5.73 Å². The highest BCUT2D eigenvalue weighted by Gasteiger charge is 2.37. The van der Waals surface area contributed by atoms with Gasteiger partial charge in [0.05, 0.1) is 21.6 Å². The molecule has 0 saturated heterocycles. The van der Waals surface area contributed by atoms with Crippen LogP contribution in [0.15, 0.2) is 18.2 Å². The summed E-state index contributed by atoms with van der Waals surface area (Å²) in [7, 11) is 0. The maximum atomic E-state index is 13.3. The number of anilines is 1. The summed E-state index contributed by atoms with van der Waals surface area (Å²) in [5.74, 6) is -0.183. The van der Waals surface area contributed by atoms with Gasteiger partial charge in [-0.2, -0.15) is 18.3 Å². The van der Waals surface area contributed by atoms with Crippen molar-refractivity contribution in [1.82, 2.24) is 14.8 Å². The van der Waals surface area contributed by atoms with Crippen LogP contribution >= 0.6 is 23.2 Å². The summed E-state index contributed by atoms with van der Waals surface area (Å²) in [6, 6.07) is 4.55. The Morgan fingerprint density at radius 2 is 1.79 bits per heavy atom. The Morgan fingerprint density at radius 1 is 1.12 bits per heavy atom. The molecular weight excluding hydrogens is 364 g/mol. The van der Waals surface area contributed by atoms with Gasteiger partial charge in [0.15, 0.2) is 5.69 Å². The van der Waals surface area contributed by atoms with Crippen molar-refractivity contribution in [2.45, 2.75) is 20.0 Å². The van der Waals surface area contributed by atoms with Crippen molar-refractivity contribution in [2.75, 3.05) is 5.73 Å². The predicted molar refractivity (Wildman–Crippen MR) is 87.8 cm³/mol. The summed E-state index contributed by atoms with van der Waals surface area (Å²) in [5.41, 5.74) is 6.19. The smallest absolute Gasteiger partial charge is 0.383 e. The van der Waals surface area contributed by atoms with Gasteiger partial charge in [0, 0.05) is 10.7 Å². The fourth-order valence-electron chi connectivity index (χ4n) is 2.59. The van der Waals surface area contributed by atoms with Crippen LogP contribution in [0.2, 0.25) is 10.0 Å². The zero-order chi connectivity index (χ0) is 17.8. The molecule has 2 aromatic heterocycles. The summed E-state index contributed by atoms with van der Waals surface area (Å²) < 4.78 is 41.1. The molecule has 0 bridgehead atoms. The molecule has 0 aliphatic heterocycles. The van der Waals surface area contributed by atoms with E-state index in [2.05, 4.69) is 10.1 Å². The largest absolute Gasteiger partial charge is 0.434 e. The Balaban J connectivity index is 2.39. The van der Waals surface area contributed by atoms with Crippen LogP contribution in [0.4, 0.5) is 19.0 Å². The third-order valence-electron chi connectivity index (χ3n) is 3.52.